The van der Waals surface area contributed by atoms with Gasteiger partial charge in [0, 0.05) is 21.3 Å². The van der Waals surface area contributed by atoms with Crippen LogP contribution in [0.5, 0.6) is 0 Å². The summed E-state index contributed by atoms with van der Waals surface area (Å²) in [5.41, 5.74) is 2.03. The maximum absolute atomic E-state index is 12.2. The third-order valence-corrected chi connectivity index (χ3v) is 4.99. The van der Waals surface area contributed by atoms with E-state index in [9.17, 15) is 4.79 Å². The Morgan fingerprint density at radius 2 is 1.95 bits per heavy atom. The van der Waals surface area contributed by atoms with Gasteiger partial charge in [-0.2, -0.15) is 0 Å². The molecule has 1 amide bonds. The van der Waals surface area contributed by atoms with Crippen LogP contribution in [0.3, 0.4) is 0 Å². The average molecular weight is 306 g/mol. The summed E-state index contributed by atoms with van der Waals surface area (Å²) in [7, 11) is 0. The molecule has 0 unspecified atom stereocenters. The van der Waals surface area contributed by atoms with Gasteiger partial charge in [-0.3, -0.25) is 4.79 Å². The van der Waals surface area contributed by atoms with Gasteiger partial charge in [-0.15, -0.1) is 11.3 Å². The SMILES string of the molecule is CC1(C)CNC(=O)c2cc(-c3ccc(Cl)cc3)sc2C1. The largest absolute Gasteiger partial charge is 0.351 e. The molecular formula is C16H16ClNOS. The Hall–Kier alpha value is -1.32. The number of hydrogen-bond donors (Lipinski definition) is 1. The first kappa shape index (κ1) is 13.7. The minimum absolute atomic E-state index is 0.0436. The van der Waals surface area contributed by atoms with Crippen molar-refractivity contribution in [3.63, 3.8) is 0 Å². The van der Waals surface area contributed by atoms with Crippen LogP contribution in [0, 0.1) is 5.41 Å². The number of fused-ring (bicyclic) bond motifs is 1. The lowest BCUT2D eigenvalue weighted by Crippen LogP contribution is -2.31. The highest BCUT2D eigenvalue weighted by Gasteiger charge is 2.28. The van der Waals surface area contributed by atoms with E-state index in [1.54, 1.807) is 11.3 Å². The molecule has 1 aromatic carbocycles. The van der Waals surface area contributed by atoms with Gasteiger partial charge in [0.1, 0.15) is 0 Å². The molecule has 0 saturated carbocycles. The standard InChI is InChI=1S/C16H16ClNOS/c1-16(2)8-14-12(15(19)18-9-16)7-13(20-14)10-3-5-11(17)6-4-10/h3-7H,8-9H2,1-2H3,(H,18,19). The Morgan fingerprint density at radius 3 is 2.65 bits per heavy atom. The van der Waals surface area contributed by atoms with E-state index in [2.05, 4.69) is 19.2 Å². The van der Waals surface area contributed by atoms with Crippen LogP contribution in [0.1, 0.15) is 29.1 Å². The Morgan fingerprint density at radius 1 is 1.25 bits per heavy atom. The van der Waals surface area contributed by atoms with Gasteiger partial charge in [0.05, 0.1) is 5.56 Å². The maximum atomic E-state index is 12.2. The van der Waals surface area contributed by atoms with Crippen LogP contribution >= 0.6 is 22.9 Å². The van der Waals surface area contributed by atoms with E-state index in [1.807, 2.05) is 30.3 Å². The van der Waals surface area contributed by atoms with Crippen LogP contribution in [0.2, 0.25) is 5.02 Å². The molecule has 1 N–H and O–H groups in total. The van der Waals surface area contributed by atoms with Gasteiger partial charge in [0.25, 0.3) is 5.91 Å². The fourth-order valence-electron chi connectivity index (χ4n) is 2.42. The fraction of sp³-hybridized carbons (Fsp3) is 0.312. The van der Waals surface area contributed by atoms with Gasteiger partial charge >= 0.3 is 0 Å². The number of benzene rings is 1. The van der Waals surface area contributed by atoms with E-state index in [0.29, 0.717) is 0 Å². The second kappa shape index (κ2) is 4.90. The molecule has 0 radical (unpaired) electrons. The van der Waals surface area contributed by atoms with Gasteiger partial charge in [-0.1, -0.05) is 37.6 Å². The molecule has 1 aliphatic rings. The van der Waals surface area contributed by atoms with Crippen molar-refractivity contribution in [3.05, 3.63) is 45.8 Å². The molecule has 2 heterocycles. The molecule has 0 aliphatic carbocycles. The van der Waals surface area contributed by atoms with Crippen molar-refractivity contribution in [2.75, 3.05) is 6.54 Å². The predicted molar refractivity (Wildman–Crippen MR) is 84.6 cm³/mol. The van der Waals surface area contributed by atoms with Crippen LogP contribution in [0.4, 0.5) is 0 Å². The van der Waals surface area contributed by atoms with Gasteiger partial charge in [0.2, 0.25) is 0 Å². The van der Waals surface area contributed by atoms with Crippen LogP contribution in [0.15, 0.2) is 30.3 Å². The molecule has 1 aromatic heterocycles. The zero-order chi connectivity index (χ0) is 14.3. The third-order valence-electron chi connectivity index (χ3n) is 3.55. The van der Waals surface area contributed by atoms with Crippen molar-refractivity contribution in [1.82, 2.24) is 5.32 Å². The zero-order valence-electron chi connectivity index (χ0n) is 11.5. The van der Waals surface area contributed by atoms with Crippen molar-refractivity contribution >= 4 is 28.8 Å². The minimum Gasteiger partial charge on any atom is -0.351 e. The van der Waals surface area contributed by atoms with Crippen molar-refractivity contribution in [2.24, 2.45) is 5.41 Å². The molecule has 0 atom stereocenters. The van der Waals surface area contributed by atoms with E-state index in [1.165, 1.54) is 4.88 Å². The highest BCUT2D eigenvalue weighted by Crippen LogP contribution is 2.37. The summed E-state index contributed by atoms with van der Waals surface area (Å²) in [6.45, 7) is 5.09. The first-order valence-electron chi connectivity index (χ1n) is 6.61. The third kappa shape index (κ3) is 2.60. The second-order valence-electron chi connectivity index (χ2n) is 5.98. The van der Waals surface area contributed by atoms with Crippen LogP contribution < -0.4 is 5.32 Å². The summed E-state index contributed by atoms with van der Waals surface area (Å²) in [6.07, 6.45) is 0.930. The van der Waals surface area contributed by atoms with Crippen molar-refractivity contribution in [1.29, 1.82) is 0 Å². The molecule has 0 spiro atoms. The number of nitrogens with one attached hydrogen (secondary N) is 1. The maximum Gasteiger partial charge on any atom is 0.252 e. The molecule has 2 aromatic rings. The molecule has 3 rings (SSSR count). The van der Waals surface area contributed by atoms with E-state index >= 15 is 0 Å². The number of hydrogen-bond acceptors (Lipinski definition) is 2. The number of carbonyl (C=O) groups is 1. The summed E-state index contributed by atoms with van der Waals surface area (Å²) >= 11 is 7.63. The summed E-state index contributed by atoms with van der Waals surface area (Å²) < 4.78 is 0. The summed E-state index contributed by atoms with van der Waals surface area (Å²) in [5, 5.41) is 3.74. The molecule has 20 heavy (non-hydrogen) atoms. The van der Waals surface area contributed by atoms with Gasteiger partial charge in [0.15, 0.2) is 0 Å². The van der Waals surface area contributed by atoms with Gasteiger partial charge in [-0.25, -0.2) is 0 Å². The number of thiophene rings is 1. The topological polar surface area (TPSA) is 29.1 Å². The quantitative estimate of drug-likeness (QED) is 0.832. The second-order valence-corrected chi connectivity index (χ2v) is 7.55. The molecule has 2 nitrogen and oxygen atoms in total. The van der Waals surface area contributed by atoms with E-state index < -0.39 is 0 Å². The fourth-order valence-corrected chi connectivity index (χ4v) is 3.97. The Bertz CT molecular complexity index is 658. The highest BCUT2D eigenvalue weighted by atomic mass is 35.5. The molecule has 0 saturated heterocycles. The zero-order valence-corrected chi connectivity index (χ0v) is 13.1. The summed E-state index contributed by atoms with van der Waals surface area (Å²) in [6, 6.07) is 9.75. The van der Waals surface area contributed by atoms with Crippen molar-refractivity contribution in [2.45, 2.75) is 20.3 Å². The van der Waals surface area contributed by atoms with Gasteiger partial charge in [-0.05, 0) is 35.6 Å². The van der Waals surface area contributed by atoms with E-state index in [0.717, 1.165) is 34.0 Å². The van der Waals surface area contributed by atoms with Gasteiger partial charge < -0.3 is 5.32 Å². The Labute approximate surface area is 127 Å². The first-order valence-corrected chi connectivity index (χ1v) is 7.81. The van der Waals surface area contributed by atoms with Crippen molar-refractivity contribution < 1.29 is 4.79 Å². The molecule has 0 bridgehead atoms. The number of carbonyl (C=O) groups excluding carboxylic acids is 1. The average Bonchev–Trinajstić information content (AvgIpc) is 2.76. The van der Waals surface area contributed by atoms with E-state index in [4.69, 9.17) is 11.6 Å². The molecular weight excluding hydrogens is 290 g/mol. The summed E-state index contributed by atoms with van der Waals surface area (Å²) in [5.74, 6) is 0.0436. The normalized spacial score (nSPS) is 17.2. The molecule has 4 heteroatoms. The smallest absolute Gasteiger partial charge is 0.252 e. The molecule has 104 valence electrons. The van der Waals surface area contributed by atoms with Crippen LogP contribution in [0.25, 0.3) is 10.4 Å². The van der Waals surface area contributed by atoms with Crippen LogP contribution in [-0.2, 0) is 6.42 Å². The predicted octanol–water partition coefficient (Wildman–Crippen LogP) is 4.38. The highest BCUT2D eigenvalue weighted by molar-refractivity contribution is 7.15. The molecule has 0 fully saturated rings. The lowest BCUT2D eigenvalue weighted by Gasteiger charge is -2.21. The summed E-state index contributed by atoms with van der Waals surface area (Å²) in [4.78, 5) is 14.5. The Kier molecular flexibility index (Phi) is 3.35. The van der Waals surface area contributed by atoms with Crippen LogP contribution in [-0.4, -0.2) is 12.5 Å². The number of amides is 1. The lowest BCUT2D eigenvalue weighted by atomic mass is 9.89. The molecule has 1 aliphatic heterocycles. The first-order chi connectivity index (χ1) is 9.44. The number of halogens is 1. The van der Waals surface area contributed by atoms with Crippen molar-refractivity contribution in [3.8, 4) is 10.4 Å². The number of rotatable bonds is 1. The Balaban J connectivity index is 2.03. The monoisotopic (exact) mass is 305 g/mol. The lowest BCUT2D eigenvalue weighted by molar-refractivity contribution is 0.0945. The van der Waals surface area contributed by atoms with E-state index in [-0.39, 0.29) is 11.3 Å². The minimum atomic E-state index is 0.0436.